The first-order valence-corrected chi connectivity index (χ1v) is 9.37. The van der Waals surface area contributed by atoms with Crippen LogP contribution in [0.4, 0.5) is 4.39 Å². The van der Waals surface area contributed by atoms with Crippen LogP contribution < -0.4 is 9.47 Å². The van der Waals surface area contributed by atoms with E-state index >= 15 is 0 Å². The number of hydrogen-bond donors (Lipinski definition) is 0. The third-order valence-corrected chi connectivity index (χ3v) is 5.06. The van der Waals surface area contributed by atoms with E-state index in [2.05, 4.69) is 0 Å². The largest absolute Gasteiger partial charge is 0.493 e. The van der Waals surface area contributed by atoms with Gasteiger partial charge < -0.3 is 14.2 Å². The maximum Gasteiger partial charge on any atom is 0.317 e. The van der Waals surface area contributed by atoms with Crippen LogP contribution in [0.5, 0.6) is 11.5 Å². The molecule has 0 bridgehead atoms. The van der Waals surface area contributed by atoms with Gasteiger partial charge in [-0.1, -0.05) is 18.2 Å². The number of carbonyl (C=O) groups is 2. The van der Waals surface area contributed by atoms with Crippen molar-refractivity contribution >= 4 is 17.3 Å². The number of methoxy groups -OCH3 is 2. The van der Waals surface area contributed by atoms with Crippen LogP contribution in [0.1, 0.15) is 30.4 Å². The highest BCUT2D eigenvalue weighted by molar-refractivity contribution is 6.10. The number of ether oxygens (including phenoxy) is 3. The molecule has 3 rings (SSSR count). The SMILES string of the molecule is CCOC(=O)[C@H]1C(=O)C=C(c2ccc(F)cc2)C[C@@H]1c1ccc(OC)c(OC)c1. The van der Waals surface area contributed by atoms with E-state index in [9.17, 15) is 14.0 Å². The van der Waals surface area contributed by atoms with Crippen molar-refractivity contribution < 1.29 is 28.2 Å². The number of benzene rings is 2. The van der Waals surface area contributed by atoms with Gasteiger partial charge in [0.05, 0.1) is 20.8 Å². The lowest BCUT2D eigenvalue weighted by molar-refractivity contribution is -0.151. The summed E-state index contributed by atoms with van der Waals surface area (Å²) in [5.74, 6) is -1.54. The van der Waals surface area contributed by atoms with E-state index < -0.39 is 17.8 Å². The molecule has 29 heavy (non-hydrogen) atoms. The monoisotopic (exact) mass is 398 g/mol. The number of hydrogen-bond acceptors (Lipinski definition) is 5. The molecule has 0 aliphatic heterocycles. The van der Waals surface area contributed by atoms with Gasteiger partial charge in [-0.05, 0) is 60.4 Å². The van der Waals surface area contributed by atoms with Crippen LogP contribution in [0, 0.1) is 11.7 Å². The average Bonchev–Trinajstić information content (AvgIpc) is 2.73. The Bertz CT molecular complexity index is 933. The highest BCUT2D eigenvalue weighted by Crippen LogP contribution is 2.42. The Morgan fingerprint density at radius 3 is 2.38 bits per heavy atom. The predicted octanol–water partition coefficient (Wildman–Crippen LogP) is 4.16. The van der Waals surface area contributed by atoms with Crippen molar-refractivity contribution in [3.05, 3.63) is 65.5 Å². The second-order valence-electron chi connectivity index (χ2n) is 6.73. The second kappa shape index (κ2) is 8.90. The molecule has 0 saturated heterocycles. The van der Waals surface area contributed by atoms with Crippen LogP contribution in [0.2, 0.25) is 0 Å². The summed E-state index contributed by atoms with van der Waals surface area (Å²) in [6, 6.07) is 11.3. The third-order valence-electron chi connectivity index (χ3n) is 5.06. The van der Waals surface area contributed by atoms with Crippen molar-refractivity contribution in [3.8, 4) is 11.5 Å². The quantitative estimate of drug-likeness (QED) is 0.540. The van der Waals surface area contributed by atoms with Gasteiger partial charge in [0.2, 0.25) is 0 Å². The van der Waals surface area contributed by atoms with E-state index in [4.69, 9.17) is 14.2 Å². The summed E-state index contributed by atoms with van der Waals surface area (Å²) in [5.41, 5.74) is 2.25. The molecule has 0 spiro atoms. The molecule has 5 nitrogen and oxygen atoms in total. The fourth-order valence-corrected chi connectivity index (χ4v) is 3.64. The van der Waals surface area contributed by atoms with Crippen molar-refractivity contribution in [1.29, 1.82) is 0 Å². The third kappa shape index (κ3) is 4.31. The van der Waals surface area contributed by atoms with Crippen molar-refractivity contribution in [2.45, 2.75) is 19.3 Å². The molecule has 0 saturated carbocycles. The summed E-state index contributed by atoms with van der Waals surface area (Å²) in [7, 11) is 3.07. The van der Waals surface area contributed by atoms with Crippen LogP contribution in [-0.2, 0) is 14.3 Å². The van der Waals surface area contributed by atoms with Gasteiger partial charge in [0.15, 0.2) is 17.3 Å². The number of allylic oxidation sites excluding steroid dienone is 2. The molecule has 0 amide bonds. The fourth-order valence-electron chi connectivity index (χ4n) is 3.64. The second-order valence-corrected chi connectivity index (χ2v) is 6.73. The number of ketones is 1. The lowest BCUT2D eigenvalue weighted by Crippen LogP contribution is -2.34. The molecule has 0 radical (unpaired) electrons. The number of esters is 1. The molecule has 0 heterocycles. The molecule has 0 unspecified atom stereocenters. The lowest BCUT2D eigenvalue weighted by Gasteiger charge is -2.30. The van der Waals surface area contributed by atoms with E-state index in [-0.39, 0.29) is 18.2 Å². The van der Waals surface area contributed by atoms with Crippen LogP contribution in [-0.4, -0.2) is 32.6 Å². The van der Waals surface area contributed by atoms with Crippen molar-refractivity contribution in [2.75, 3.05) is 20.8 Å². The lowest BCUT2D eigenvalue weighted by atomic mass is 9.73. The minimum Gasteiger partial charge on any atom is -0.493 e. The van der Waals surface area contributed by atoms with Crippen molar-refractivity contribution in [2.24, 2.45) is 5.92 Å². The molecule has 0 aromatic heterocycles. The molecule has 1 aliphatic rings. The first-order valence-electron chi connectivity index (χ1n) is 9.37. The molecule has 6 heteroatoms. The average molecular weight is 398 g/mol. The Morgan fingerprint density at radius 2 is 1.76 bits per heavy atom. The van der Waals surface area contributed by atoms with E-state index in [0.29, 0.717) is 17.9 Å². The smallest absolute Gasteiger partial charge is 0.317 e. The molecule has 152 valence electrons. The van der Waals surface area contributed by atoms with Gasteiger partial charge in [0.1, 0.15) is 11.7 Å². The molecule has 2 aromatic rings. The van der Waals surface area contributed by atoms with Gasteiger partial charge in [-0.3, -0.25) is 9.59 Å². The van der Waals surface area contributed by atoms with Crippen LogP contribution in [0.3, 0.4) is 0 Å². The standard InChI is InChI=1S/C23H23FO5/c1-4-29-23(26)22-18(15-7-10-20(27-2)21(13-15)28-3)11-16(12-19(22)25)14-5-8-17(24)9-6-14/h5-10,12-13,18,22H,4,11H2,1-3H3/t18-,22-/m1/s1. The van der Waals surface area contributed by atoms with Gasteiger partial charge in [0, 0.05) is 5.92 Å². The van der Waals surface area contributed by atoms with E-state index in [1.807, 2.05) is 6.07 Å². The molecule has 2 aromatic carbocycles. The zero-order valence-corrected chi connectivity index (χ0v) is 16.6. The highest BCUT2D eigenvalue weighted by Gasteiger charge is 2.40. The molecular weight excluding hydrogens is 375 g/mol. The predicted molar refractivity (Wildman–Crippen MR) is 106 cm³/mol. The molecule has 1 aliphatic carbocycles. The summed E-state index contributed by atoms with van der Waals surface area (Å²) in [4.78, 5) is 25.5. The first-order chi connectivity index (χ1) is 14.0. The van der Waals surface area contributed by atoms with E-state index in [1.165, 1.54) is 25.3 Å². The van der Waals surface area contributed by atoms with Gasteiger partial charge in [-0.15, -0.1) is 0 Å². The Morgan fingerprint density at radius 1 is 1.07 bits per heavy atom. The minimum absolute atomic E-state index is 0.190. The van der Waals surface area contributed by atoms with Crippen molar-refractivity contribution in [1.82, 2.24) is 0 Å². The zero-order valence-electron chi connectivity index (χ0n) is 16.6. The molecule has 0 fully saturated rings. The minimum atomic E-state index is -0.947. The number of rotatable bonds is 6. The normalized spacial score (nSPS) is 18.8. The Balaban J connectivity index is 2.05. The van der Waals surface area contributed by atoms with E-state index in [1.54, 1.807) is 38.3 Å². The van der Waals surface area contributed by atoms with Gasteiger partial charge in [-0.2, -0.15) is 0 Å². The van der Waals surface area contributed by atoms with Gasteiger partial charge in [-0.25, -0.2) is 4.39 Å². The van der Waals surface area contributed by atoms with Crippen LogP contribution in [0.15, 0.2) is 48.5 Å². The van der Waals surface area contributed by atoms with Crippen LogP contribution >= 0.6 is 0 Å². The van der Waals surface area contributed by atoms with Crippen LogP contribution in [0.25, 0.3) is 5.57 Å². The molecular formula is C23H23FO5. The Kier molecular flexibility index (Phi) is 6.32. The zero-order chi connectivity index (χ0) is 21.0. The number of halogens is 1. The van der Waals surface area contributed by atoms with Gasteiger partial charge >= 0.3 is 5.97 Å². The first kappa shape index (κ1) is 20.6. The molecule has 2 atom stereocenters. The van der Waals surface area contributed by atoms with E-state index in [0.717, 1.165) is 16.7 Å². The summed E-state index contributed by atoms with van der Waals surface area (Å²) in [6.07, 6.45) is 1.89. The maximum atomic E-state index is 13.3. The summed E-state index contributed by atoms with van der Waals surface area (Å²) >= 11 is 0. The summed E-state index contributed by atoms with van der Waals surface area (Å²) < 4.78 is 29.1. The summed E-state index contributed by atoms with van der Waals surface area (Å²) in [5, 5.41) is 0. The van der Waals surface area contributed by atoms with Crippen molar-refractivity contribution in [3.63, 3.8) is 0 Å². The Labute approximate surface area is 169 Å². The maximum absolute atomic E-state index is 13.3. The van der Waals surface area contributed by atoms with Gasteiger partial charge in [0.25, 0.3) is 0 Å². The Hall–Kier alpha value is -3.15. The highest BCUT2D eigenvalue weighted by atomic mass is 19.1. The topological polar surface area (TPSA) is 61.8 Å². The number of carbonyl (C=O) groups excluding carboxylic acids is 2. The fraction of sp³-hybridized carbons (Fsp3) is 0.304. The molecule has 0 N–H and O–H groups in total. The summed E-state index contributed by atoms with van der Waals surface area (Å²) in [6.45, 7) is 1.90.